The highest BCUT2D eigenvalue weighted by molar-refractivity contribution is 4.80. The number of aliphatic hydroxyl groups excluding tert-OH is 1. The van der Waals surface area contributed by atoms with Gasteiger partial charge in [0.1, 0.15) is 0 Å². The van der Waals surface area contributed by atoms with Gasteiger partial charge in [0.15, 0.2) is 0 Å². The molecule has 0 aromatic carbocycles. The third kappa shape index (κ3) is 4.12. The molecule has 1 aliphatic rings. The molecule has 15 heavy (non-hydrogen) atoms. The lowest BCUT2D eigenvalue weighted by molar-refractivity contribution is 0.170. The number of hydrogen-bond acceptors (Lipinski definition) is 2. The predicted molar refractivity (Wildman–Crippen MR) is 65.0 cm³/mol. The fourth-order valence-corrected chi connectivity index (χ4v) is 2.77. The topological polar surface area (TPSA) is 32.3 Å². The first-order valence-electron chi connectivity index (χ1n) is 6.68. The first kappa shape index (κ1) is 13.0. The number of rotatable bonds is 6. The van der Waals surface area contributed by atoms with Crippen LogP contribution in [0.3, 0.4) is 0 Å². The summed E-state index contributed by atoms with van der Waals surface area (Å²) in [6.07, 6.45) is 9.06. The molecule has 0 aromatic rings. The van der Waals surface area contributed by atoms with Crippen molar-refractivity contribution in [2.45, 2.75) is 70.9 Å². The summed E-state index contributed by atoms with van der Waals surface area (Å²) in [5.74, 6) is 0.636. The SMILES string of the molecule is CCC(CC)C(CO)NC1CCCCC1. The monoisotopic (exact) mass is 213 g/mol. The molecule has 0 amide bonds. The van der Waals surface area contributed by atoms with Crippen LogP contribution in [-0.4, -0.2) is 23.8 Å². The van der Waals surface area contributed by atoms with E-state index in [0.717, 1.165) is 0 Å². The summed E-state index contributed by atoms with van der Waals surface area (Å²) in [6, 6.07) is 0.986. The standard InChI is InChI=1S/C13H27NO/c1-3-11(4-2)13(10-15)14-12-8-6-5-7-9-12/h11-15H,3-10H2,1-2H3. The molecule has 1 rings (SSSR count). The Morgan fingerprint density at radius 2 is 1.73 bits per heavy atom. The number of nitrogens with one attached hydrogen (secondary N) is 1. The second-order valence-corrected chi connectivity index (χ2v) is 4.87. The zero-order chi connectivity index (χ0) is 11.1. The van der Waals surface area contributed by atoms with Crippen LogP contribution in [0.15, 0.2) is 0 Å². The molecule has 2 N–H and O–H groups in total. The molecule has 1 unspecified atom stereocenters. The van der Waals surface area contributed by atoms with Gasteiger partial charge in [-0.1, -0.05) is 46.0 Å². The molecule has 1 atom stereocenters. The molecule has 2 heteroatoms. The third-order valence-electron chi connectivity index (χ3n) is 3.87. The molecular weight excluding hydrogens is 186 g/mol. The molecule has 0 aromatic heterocycles. The van der Waals surface area contributed by atoms with Crippen molar-refractivity contribution in [2.24, 2.45) is 5.92 Å². The summed E-state index contributed by atoms with van der Waals surface area (Å²) in [4.78, 5) is 0. The van der Waals surface area contributed by atoms with E-state index in [1.54, 1.807) is 0 Å². The van der Waals surface area contributed by atoms with Crippen LogP contribution in [0.5, 0.6) is 0 Å². The zero-order valence-electron chi connectivity index (χ0n) is 10.3. The molecule has 1 saturated carbocycles. The van der Waals surface area contributed by atoms with Crippen LogP contribution < -0.4 is 5.32 Å². The van der Waals surface area contributed by atoms with Crippen molar-refractivity contribution in [3.63, 3.8) is 0 Å². The van der Waals surface area contributed by atoms with E-state index in [9.17, 15) is 5.11 Å². The summed E-state index contributed by atoms with van der Waals surface area (Å²) in [6.45, 7) is 4.74. The van der Waals surface area contributed by atoms with Gasteiger partial charge in [0.2, 0.25) is 0 Å². The second-order valence-electron chi connectivity index (χ2n) is 4.87. The summed E-state index contributed by atoms with van der Waals surface area (Å²) in [7, 11) is 0. The van der Waals surface area contributed by atoms with Crippen molar-refractivity contribution in [1.29, 1.82) is 0 Å². The smallest absolute Gasteiger partial charge is 0.0587 e. The van der Waals surface area contributed by atoms with E-state index in [1.165, 1.54) is 44.9 Å². The first-order valence-corrected chi connectivity index (χ1v) is 6.68. The van der Waals surface area contributed by atoms with Gasteiger partial charge < -0.3 is 10.4 Å². The molecule has 1 fully saturated rings. The molecule has 0 radical (unpaired) electrons. The third-order valence-corrected chi connectivity index (χ3v) is 3.87. The summed E-state index contributed by atoms with van der Waals surface area (Å²) < 4.78 is 0. The van der Waals surface area contributed by atoms with Gasteiger partial charge >= 0.3 is 0 Å². The van der Waals surface area contributed by atoms with Crippen molar-refractivity contribution in [2.75, 3.05) is 6.61 Å². The van der Waals surface area contributed by atoms with Crippen LogP contribution in [0, 0.1) is 5.92 Å². The van der Waals surface area contributed by atoms with Crippen molar-refractivity contribution < 1.29 is 5.11 Å². The molecular formula is C13H27NO. The average Bonchev–Trinajstić information content (AvgIpc) is 2.30. The van der Waals surface area contributed by atoms with Gasteiger partial charge in [-0.25, -0.2) is 0 Å². The minimum absolute atomic E-state index is 0.294. The Morgan fingerprint density at radius 1 is 1.13 bits per heavy atom. The lowest BCUT2D eigenvalue weighted by Crippen LogP contribution is -2.45. The molecule has 0 saturated heterocycles. The highest BCUT2D eigenvalue weighted by Crippen LogP contribution is 2.20. The van der Waals surface area contributed by atoms with Crippen molar-refractivity contribution in [3.05, 3.63) is 0 Å². The van der Waals surface area contributed by atoms with Crippen LogP contribution in [0.4, 0.5) is 0 Å². The van der Waals surface area contributed by atoms with E-state index >= 15 is 0 Å². The average molecular weight is 213 g/mol. The van der Waals surface area contributed by atoms with E-state index < -0.39 is 0 Å². The van der Waals surface area contributed by atoms with Gasteiger partial charge in [0.25, 0.3) is 0 Å². The van der Waals surface area contributed by atoms with Gasteiger partial charge in [0.05, 0.1) is 6.61 Å². The van der Waals surface area contributed by atoms with E-state index in [1.807, 2.05) is 0 Å². The van der Waals surface area contributed by atoms with E-state index in [-0.39, 0.29) is 0 Å². The number of hydrogen-bond donors (Lipinski definition) is 2. The summed E-state index contributed by atoms with van der Waals surface area (Å²) in [5.41, 5.74) is 0. The van der Waals surface area contributed by atoms with Crippen LogP contribution in [0.2, 0.25) is 0 Å². The Labute approximate surface area is 94.5 Å². The van der Waals surface area contributed by atoms with Gasteiger partial charge in [0, 0.05) is 12.1 Å². The number of aliphatic hydroxyl groups is 1. The molecule has 2 nitrogen and oxygen atoms in total. The predicted octanol–water partition coefficient (Wildman–Crippen LogP) is 2.71. The maximum Gasteiger partial charge on any atom is 0.0587 e. The Hall–Kier alpha value is -0.0800. The minimum atomic E-state index is 0.294. The van der Waals surface area contributed by atoms with Crippen LogP contribution >= 0.6 is 0 Å². The highest BCUT2D eigenvalue weighted by Gasteiger charge is 2.22. The van der Waals surface area contributed by atoms with Gasteiger partial charge in [-0.05, 0) is 18.8 Å². The van der Waals surface area contributed by atoms with Crippen LogP contribution in [-0.2, 0) is 0 Å². The van der Waals surface area contributed by atoms with Crippen molar-refractivity contribution in [1.82, 2.24) is 5.32 Å². The van der Waals surface area contributed by atoms with Crippen molar-refractivity contribution >= 4 is 0 Å². The Bertz CT molecular complexity index is 151. The minimum Gasteiger partial charge on any atom is -0.395 e. The summed E-state index contributed by atoms with van der Waals surface area (Å²) >= 11 is 0. The van der Waals surface area contributed by atoms with E-state index in [2.05, 4.69) is 19.2 Å². The second kappa shape index (κ2) is 7.24. The lowest BCUT2D eigenvalue weighted by atomic mass is 9.90. The lowest BCUT2D eigenvalue weighted by Gasteiger charge is -2.31. The maximum atomic E-state index is 9.43. The zero-order valence-corrected chi connectivity index (χ0v) is 10.3. The van der Waals surface area contributed by atoms with E-state index in [0.29, 0.717) is 24.6 Å². The highest BCUT2D eigenvalue weighted by atomic mass is 16.3. The normalized spacial score (nSPS) is 20.8. The fourth-order valence-electron chi connectivity index (χ4n) is 2.77. The Kier molecular flexibility index (Phi) is 6.26. The molecule has 0 bridgehead atoms. The molecule has 0 aliphatic heterocycles. The Balaban J connectivity index is 2.36. The van der Waals surface area contributed by atoms with Crippen LogP contribution in [0.1, 0.15) is 58.8 Å². The van der Waals surface area contributed by atoms with E-state index in [4.69, 9.17) is 0 Å². The molecule has 1 aliphatic carbocycles. The fraction of sp³-hybridized carbons (Fsp3) is 1.00. The van der Waals surface area contributed by atoms with Gasteiger partial charge in [-0.2, -0.15) is 0 Å². The van der Waals surface area contributed by atoms with Crippen molar-refractivity contribution in [3.8, 4) is 0 Å². The summed E-state index contributed by atoms with van der Waals surface area (Å²) in [5, 5.41) is 13.1. The van der Waals surface area contributed by atoms with Crippen LogP contribution in [0.25, 0.3) is 0 Å². The quantitative estimate of drug-likeness (QED) is 0.711. The Morgan fingerprint density at radius 3 is 2.20 bits per heavy atom. The van der Waals surface area contributed by atoms with Gasteiger partial charge in [-0.15, -0.1) is 0 Å². The molecule has 0 heterocycles. The van der Waals surface area contributed by atoms with Gasteiger partial charge in [-0.3, -0.25) is 0 Å². The largest absolute Gasteiger partial charge is 0.395 e. The molecule has 90 valence electrons. The molecule has 0 spiro atoms. The maximum absolute atomic E-state index is 9.43. The first-order chi connectivity index (χ1) is 7.31.